The minimum Gasteiger partial charge on any atom is -0.382 e. The van der Waals surface area contributed by atoms with Gasteiger partial charge in [0.25, 0.3) is 0 Å². The van der Waals surface area contributed by atoms with Gasteiger partial charge in [-0.05, 0) is 31.0 Å². The number of benzene rings is 1. The lowest BCUT2D eigenvalue weighted by molar-refractivity contribution is 0.240. The maximum absolute atomic E-state index is 8.84. The van der Waals surface area contributed by atoms with Crippen molar-refractivity contribution in [1.29, 1.82) is 5.26 Å². The summed E-state index contributed by atoms with van der Waals surface area (Å²) in [6, 6.07) is 8.06. The molecule has 0 bridgehead atoms. The van der Waals surface area contributed by atoms with E-state index in [0.717, 1.165) is 38.2 Å². The molecule has 0 saturated carbocycles. The van der Waals surface area contributed by atoms with Gasteiger partial charge in [0.2, 0.25) is 0 Å². The van der Waals surface area contributed by atoms with Crippen molar-refractivity contribution in [2.75, 3.05) is 25.0 Å². The Kier molecular flexibility index (Phi) is 4.84. The summed E-state index contributed by atoms with van der Waals surface area (Å²) in [6.07, 6.45) is 4.19. The molecule has 1 fully saturated rings. The zero-order chi connectivity index (χ0) is 13.7. The first-order chi connectivity index (χ1) is 9.22. The van der Waals surface area contributed by atoms with Crippen LogP contribution < -0.4 is 5.32 Å². The molecule has 2 rings (SSSR count). The molecule has 0 unspecified atom stereocenters. The minimum absolute atomic E-state index is 0.477. The highest BCUT2D eigenvalue weighted by atomic mass is 35.5. The number of anilines is 1. The van der Waals surface area contributed by atoms with E-state index in [9.17, 15) is 0 Å². The van der Waals surface area contributed by atoms with Crippen molar-refractivity contribution in [3.05, 3.63) is 41.4 Å². The third-order valence-corrected chi connectivity index (χ3v) is 3.75. The monoisotopic (exact) mass is 275 g/mol. The van der Waals surface area contributed by atoms with E-state index in [4.69, 9.17) is 16.9 Å². The molecule has 1 aliphatic rings. The summed E-state index contributed by atoms with van der Waals surface area (Å²) >= 11 is 6.03. The van der Waals surface area contributed by atoms with Crippen molar-refractivity contribution in [2.45, 2.75) is 18.9 Å². The average Bonchev–Trinajstić information content (AvgIpc) is 2.42. The molecule has 0 aromatic heterocycles. The molecule has 1 aromatic rings. The van der Waals surface area contributed by atoms with E-state index < -0.39 is 0 Å². The summed E-state index contributed by atoms with van der Waals surface area (Å²) < 4.78 is 0. The van der Waals surface area contributed by atoms with Crippen LogP contribution >= 0.6 is 11.6 Å². The van der Waals surface area contributed by atoms with Crippen LogP contribution in [0.5, 0.6) is 0 Å². The summed E-state index contributed by atoms with van der Waals surface area (Å²) in [5.41, 5.74) is 1.51. The number of nitrogens with zero attached hydrogens (tertiary/aromatic N) is 2. The first-order valence-electron chi connectivity index (χ1n) is 6.52. The number of likely N-dealkylation sites (tertiary alicyclic amines) is 1. The summed E-state index contributed by atoms with van der Waals surface area (Å²) in [7, 11) is 0. The molecule has 1 aromatic carbocycles. The fraction of sp³-hybridized carbons (Fsp3) is 0.400. The Morgan fingerprint density at radius 3 is 2.79 bits per heavy atom. The zero-order valence-corrected chi connectivity index (χ0v) is 11.7. The first kappa shape index (κ1) is 13.9. The normalized spacial score (nSPS) is 16.8. The number of hydrogen-bond acceptors (Lipinski definition) is 3. The molecule has 19 heavy (non-hydrogen) atoms. The van der Waals surface area contributed by atoms with Gasteiger partial charge >= 0.3 is 0 Å². The number of nitrogens with one attached hydrogen (secondary N) is 1. The number of halogens is 1. The molecular formula is C15H18ClN3. The van der Waals surface area contributed by atoms with Crippen LogP contribution in [0.1, 0.15) is 18.4 Å². The Hall–Kier alpha value is -1.50. The highest BCUT2D eigenvalue weighted by molar-refractivity contribution is 6.32. The number of piperidine rings is 1. The van der Waals surface area contributed by atoms with Crippen molar-refractivity contribution in [1.82, 2.24) is 4.90 Å². The van der Waals surface area contributed by atoms with Gasteiger partial charge in [0.1, 0.15) is 6.07 Å². The van der Waals surface area contributed by atoms with Crippen LogP contribution in [-0.2, 0) is 0 Å². The molecular weight excluding hydrogens is 258 g/mol. The van der Waals surface area contributed by atoms with Crippen LogP contribution in [0.15, 0.2) is 30.9 Å². The Morgan fingerprint density at radius 1 is 1.47 bits per heavy atom. The lowest BCUT2D eigenvalue weighted by Gasteiger charge is -2.32. The lowest BCUT2D eigenvalue weighted by Crippen LogP contribution is -2.39. The van der Waals surface area contributed by atoms with Gasteiger partial charge in [-0.25, -0.2) is 0 Å². The first-order valence-corrected chi connectivity index (χ1v) is 6.90. The van der Waals surface area contributed by atoms with E-state index >= 15 is 0 Å². The third-order valence-electron chi connectivity index (χ3n) is 3.44. The number of rotatable bonds is 4. The maximum Gasteiger partial charge on any atom is 0.101 e. The fourth-order valence-corrected chi connectivity index (χ4v) is 2.60. The maximum atomic E-state index is 8.84. The van der Waals surface area contributed by atoms with E-state index in [1.54, 1.807) is 6.07 Å². The van der Waals surface area contributed by atoms with Gasteiger partial charge in [-0.3, -0.25) is 4.90 Å². The second-order valence-corrected chi connectivity index (χ2v) is 5.22. The van der Waals surface area contributed by atoms with E-state index in [1.165, 1.54) is 0 Å². The molecule has 0 atom stereocenters. The Balaban J connectivity index is 1.91. The molecule has 0 spiro atoms. The lowest BCUT2D eigenvalue weighted by atomic mass is 10.0. The molecule has 4 heteroatoms. The molecule has 1 heterocycles. The number of nitriles is 1. The van der Waals surface area contributed by atoms with Crippen LogP contribution in [0.25, 0.3) is 0 Å². The van der Waals surface area contributed by atoms with Crippen LogP contribution in [0, 0.1) is 11.3 Å². The summed E-state index contributed by atoms with van der Waals surface area (Å²) in [5, 5.41) is 12.8. The predicted molar refractivity (Wildman–Crippen MR) is 79.4 cm³/mol. The fourth-order valence-electron chi connectivity index (χ4n) is 2.37. The topological polar surface area (TPSA) is 39.1 Å². The number of hydrogen-bond donors (Lipinski definition) is 1. The van der Waals surface area contributed by atoms with E-state index in [1.807, 2.05) is 18.2 Å². The molecule has 1 aliphatic heterocycles. The molecule has 1 saturated heterocycles. The van der Waals surface area contributed by atoms with Crippen LogP contribution in [0.3, 0.4) is 0 Å². The zero-order valence-electron chi connectivity index (χ0n) is 10.9. The van der Waals surface area contributed by atoms with E-state index in [0.29, 0.717) is 16.6 Å². The van der Waals surface area contributed by atoms with Gasteiger partial charge in [-0.1, -0.05) is 17.7 Å². The Labute approximate surface area is 119 Å². The van der Waals surface area contributed by atoms with Crippen molar-refractivity contribution in [3.8, 4) is 6.07 Å². The summed E-state index contributed by atoms with van der Waals surface area (Å²) in [6.45, 7) is 6.92. The average molecular weight is 276 g/mol. The van der Waals surface area contributed by atoms with Gasteiger partial charge in [-0.2, -0.15) is 5.26 Å². The summed E-state index contributed by atoms with van der Waals surface area (Å²) in [5.74, 6) is 0. The molecule has 0 amide bonds. The molecule has 0 aliphatic carbocycles. The van der Waals surface area contributed by atoms with Gasteiger partial charge in [0.15, 0.2) is 0 Å². The van der Waals surface area contributed by atoms with Gasteiger partial charge < -0.3 is 5.32 Å². The smallest absolute Gasteiger partial charge is 0.101 e. The van der Waals surface area contributed by atoms with E-state index in [2.05, 4.69) is 22.9 Å². The molecule has 3 nitrogen and oxygen atoms in total. The van der Waals surface area contributed by atoms with Crippen LogP contribution in [0.2, 0.25) is 5.02 Å². The van der Waals surface area contributed by atoms with Crippen LogP contribution in [-0.4, -0.2) is 30.6 Å². The second kappa shape index (κ2) is 6.60. The minimum atomic E-state index is 0.477. The Bertz CT molecular complexity index is 485. The largest absolute Gasteiger partial charge is 0.382 e. The molecule has 1 N–H and O–H groups in total. The van der Waals surface area contributed by atoms with Crippen molar-refractivity contribution >= 4 is 17.3 Å². The van der Waals surface area contributed by atoms with E-state index in [-0.39, 0.29) is 0 Å². The third kappa shape index (κ3) is 3.73. The standard InChI is InChI=1S/C15H18ClN3/c1-2-7-19-8-5-13(6-9-19)18-14-4-3-12(11-17)15(16)10-14/h2-4,10,13,18H,1,5-9H2. The highest BCUT2D eigenvalue weighted by Gasteiger charge is 2.18. The van der Waals surface area contributed by atoms with Crippen molar-refractivity contribution < 1.29 is 0 Å². The van der Waals surface area contributed by atoms with Gasteiger partial charge in [0.05, 0.1) is 10.6 Å². The van der Waals surface area contributed by atoms with Crippen molar-refractivity contribution in [2.24, 2.45) is 0 Å². The van der Waals surface area contributed by atoms with Crippen molar-refractivity contribution in [3.63, 3.8) is 0 Å². The predicted octanol–water partition coefficient (Wildman–Crippen LogP) is 3.27. The van der Waals surface area contributed by atoms with Gasteiger partial charge in [0, 0.05) is 31.4 Å². The quantitative estimate of drug-likeness (QED) is 0.857. The molecule has 0 radical (unpaired) electrons. The molecule has 100 valence electrons. The SMILES string of the molecule is C=CCN1CCC(Nc2ccc(C#N)c(Cl)c2)CC1. The highest BCUT2D eigenvalue weighted by Crippen LogP contribution is 2.22. The van der Waals surface area contributed by atoms with Crippen LogP contribution in [0.4, 0.5) is 5.69 Å². The summed E-state index contributed by atoms with van der Waals surface area (Å²) in [4.78, 5) is 2.40. The second-order valence-electron chi connectivity index (χ2n) is 4.81. The Morgan fingerprint density at radius 2 is 2.21 bits per heavy atom. The van der Waals surface area contributed by atoms with Gasteiger partial charge in [-0.15, -0.1) is 6.58 Å².